The lowest BCUT2D eigenvalue weighted by atomic mass is 9.99. The molecular formula is C26H21NO5. The van der Waals surface area contributed by atoms with E-state index in [0.29, 0.717) is 34.8 Å². The van der Waals surface area contributed by atoms with E-state index >= 15 is 0 Å². The molecule has 0 saturated heterocycles. The Balaban J connectivity index is 1.57. The molecule has 1 N–H and O–H groups in total. The number of carbonyl (C=O) groups excluding carboxylic acids is 2. The van der Waals surface area contributed by atoms with Crippen LogP contribution in [0.1, 0.15) is 35.5 Å². The van der Waals surface area contributed by atoms with Gasteiger partial charge in [-0.05, 0) is 47.9 Å². The molecular weight excluding hydrogens is 406 g/mol. The Morgan fingerprint density at radius 2 is 1.78 bits per heavy atom. The van der Waals surface area contributed by atoms with Crippen LogP contribution >= 0.6 is 0 Å². The molecule has 0 unspecified atom stereocenters. The van der Waals surface area contributed by atoms with Crippen LogP contribution in [0, 0.1) is 0 Å². The maximum Gasteiger partial charge on any atom is 0.232 e. The lowest BCUT2D eigenvalue weighted by molar-refractivity contribution is -0.114. The summed E-state index contributed by atoms with van der Waals surface area (Å²) in [6, 6.07) is 18.8. The van der Waals surface area contributed by atoms with E-state index in [0.717, 1.165) is 27.8 Å². The van der Waals surface area contributed by atoms with E-state index in [2.05, 4.69) is 5.32 Å². The zero-order valence-electron chi connectivity index (χ0n) is 17.7. The molecule has 1 aliphatic rings. The minimum Gasteiger partial charge on any atom is -0.454 e. The molecule has 5 rings (SSSR count). The fraction of sp³-hybridized carbons (Fsp3) is 0.154. The SMILES string of the molecule is CCc1c(C(=O)c2cccc3c2OCO3)oc2cc(-c3cccc(NC(C)=O)c3)ccc12. The van der Waals surface area contributed by atoms with Gasteiger partial charge < -0.3 is 19.2 Å². The first-order chi connectivity index (χ1) is 15.5. The number of furan rings is 1. The predicted octanol–water partition coefficient (Wildman–Crippen LogP) is 5.58. The minimum atomic E-state index is -0.227. The molecule has 6 nitrogen and oxygen atoms in total. The van der Waals surface area contributed by atoms with Crippen molar-refractivity contribution in [1.29, 1.82) is 0 Å². The molecule has 0 aliphatic carbocycles. The van der Waals surface area contributed by atoms with Gasteiger partial charge in [-0.25, -0.2) is 0 Å². The van der Waals surface area contributed by atoms with E-state index in [9.17, 15) is 9.59 Å². The number of ketones is 1. The molecule has 4 aromatic rings. The highest BCUT2D eigenvalue weighted by molar-refractivity contribution is 6.12. The average Bonchev–Trinajstić information content (AvgIpc) is 3.42. The quantitative estimate of drug-likeness (QED) is 0.421. The number of amides is 1. The molecule has 0 fully saturated rings. The van der Waals surface area contributed by atoms with E-state index in [1.54, 1.807) is 18.2 Å². The lowest BCUT2D eigenvalue weighted by Gasteiger charge is -2.06. The standard InChI is InChI=1S/C26H21NO5/c1-3-19-20-11-10-17(16-6-4-7-18(12-16)27-15(2)28)13-23(20)32-26(19)24(29)21-8-5-9-22-25(21)31-14-30-22/h4-13H,3,14H2,1-2H3,(H,27,28). The van der Waals surface area contributed by atoms with Crippen molar-refractivity contribution >= 4 is 28.3 Å². The van der Waals surface area contributed by atoms with E-state index < -0.39 is 0 Å². The summed E-state index contributed by atoms with van der Waals surface area (Å²) in [7, 11) is 0. The van der Waals surface area contributed by atoms with Gasteiger partial charge in [0, 0.05) is 23.6 Å². The molecule has 160 valence electrons. The highest BCUT2D eigenvalue weighted by Crippen LogP contribution is 2.38. The first-order valence-electron chi connectivity index (χ1n) is 10.4. The number of fused-ring (bicyclic) bond motifs is 2. The van der Waals surface area contributed by atoms with Crippen molar-refractivity contribution in [3.05, 3.63) is 77.6 Å². The number of rotatable bonds is 5. The van der Waals surface area contributed by atoms with Gasteiger partial charge in [0.25, 0.3) is 0 Å². The van der Waals surface area contributed by atoms with E-state index in [1.165, 1.54) is 6.92 Å². The summed E-state index contributed by atoms with van der Waals surface area (Å²) in [6.07, 6.45) is 0.651. The second-order valence-electron chi connectivity index (χ2n) is 7.60. The first kappa shape index (κ1) is 19.9. The predicted molar refractivity (Wildman–Crippen MR) is 121 cm³/mol. The Morgan fingerprint density at radius 3 is 2.59 bits per heavy atom. The fourth-order valence-electron chi connectivity index (χ4n) is 4.08. The van der Waals surface area contributed by atoms with Crippen LogP contribution in [0.5, 0.6) is 11.5 Å². The van der Waals surface area contributed by atoms with Crippen LogP contribution in [-0.4, -0.2) is 18.5 Å². The topological polar surface area (TPSA) is 77.8 Å². The average molecular weight is 427 g/mol. The summed E-state index contributed by atoms with van der Waals surface area (Å²) >= 11 is 0. The number of benzene rings is 3. The minimum absolute atomic E-state index is 0.0985. The lowest BCUT2D eigenvalue weighted by Crippen LogP contribution is -2.05. The van der Waals surface area contributed by atoms with Crippen LogP contribution in [0.15, 0.2) is 65.1 Å². The molecule has 2 heterocycles. The third-order valence-corrected chi connectivity index (χ3v) is 5.51. The number of nitrogens with one attached hydrogen (secondary N) is 1. The fourth-order valence-corrected chi connectivity index (χ4v) is 4.08. The molecule has 0 saturated carbocycles. The van der Waals surface area contributed by atoms with Crippen LogP contribution in [0.25, 0.3) is 22.1 Å². The third-order valence-electron chi connectivity index (χ3n) is 5.51. The van der Waals surface area contributed by atoms with Crippen molar-refractivity contribution in [1.82, 2.24) is 0 Å². The summed E-state index contributed by atoms with van der Waals surface area (Å²) in [5, 5.41) is 3.70. The Hall–Kier alpha value is -4.06. The number of carbonyl (C=O) groups is 2. The summed E-state index contributed by atoms with van der Waals surface area (Å²) in [6.45, 7) is 3.58. The second kappa shape index (κ2) is 7.89. The Labute approximate surface area is 184 Å². The number of anilines is 1. The van der Waals surface area contributed by atoms with Gasteiger partial charge >= 0.3 is 0 Å². The van der Waals surface area contributed by atoms with Gasteiger partial charge in [-0.1, -0.05) is 37.3 Å². The number of hydrogen-bond donors (Lipinski definition) is 1. The van der Waals surface area contributed by atoms with Crippen LogP contribution in [-0.2, 0) is 11.2 Å². The van der Waals surface area contributed by atoms with E-state index in [4.69, 9.17) is 13.9 Å². The maximum absolute atomic E-state index is 13.4. The zero-order valence-corrected chi connectivity index (χ0v) is 17.7. The van der Waals surface area contributed by atoms with Crippen molar-refractivity contribution in [2.45, 2.75) is 20.3 Å². The van der Waals surface area contributed by atoms with E-state index in [-0.39, 0.29) is 18.5 Å². The van der Waals surface area contributed by atoms with E-state index in [1.807, 2.05) is 49.4 Å². The van der Waals surface area contributed by atoms with Gasteiger partial charge in [0.1, 0.15) is 5.58 Å². The van der Waals surface area contributed by atoms with Crippen LogP contribution < -0.4 is 14.8 Å². The normalized spacial score (nSPS) is 12.2. The van der Waals surface area contributed by atoms with Crippen molar-refractivity contribution in [3.8, 4) is 22.6 Å². The molecule has 0 radical (unpaired) electrons. The monoisotopic (exact) mass is 427 g/mol. The third kappa shape index (κ3) is 3.39. The Kier molecular flexibility index (Phi) is 4.90. The summed E-state index contributed by atoms with van der Waals surface area (Å²) in [5.41, 5.74) is 4.51. The van der Waals surface area contributed by atoms with Gasteiger partial charge in [0.2, 0.25) is 18.5 Å². The number of ether oxygens (including phenoxy) is 2. The Morgan fingerprint density at radius 1 is 0.969 bits per heavy atom. The molecule has 0 bridgehead atoms. The highest BCUT2D eigenvalue weighted by Gasteiger charge is 2.27. The molecule has 0 spiro atoms. The summed E-state index contributed by atoms with van der Waals surface area (Å²) < 4.78 is 17.0. The van der Waals surface area contributed by atoms with Crippen LogP contribution in [0.3, 0.4) is 0 Å². The molecule has 32 heavy (non-hydrogen) atoms. The largest absolute Gasteiger partial charge is 0.454 e. The van der Waals surface area contributed by atoms with Gasteiger partial charge in [-0.15, -0.1) is 0 Å². The molecule has 0 atom stereocenters. The van der Waals surface area contributed by atoms with Crippen molar-refractivity contribution < 1.29 is 23.5 Å². The van der Waals surface area contributed by atoms with Gasteiger partial charge in [0.15, 0.2) is 17.3 Å². The maximum atomic E-state index is 13.4. The Bertz CT molecular complexity index is 1370. The molecule has 6 heteroatoms. The number of para-hydroxylation sites is 1. The summed E-state index contributed by atoms with van der Waals surface area (Å²) in [5.74, 6) is 0.980. The van der Waals surface area contributed by atoms with Crippen molar-refractivity contribution in [3.63, 3.8) is 0 Å². The first-order valence-corrected chi connectivity index (χ1v) is 10.4. The molecule has 1 aliphatic heterocycles. The van der Waals surface area contributed by atoms with Crippen molar-refractivity contribution in [2.24, 2.45) is 0 Å². The van der Waals surface area contributed by atoms with Crippen molar-refractivity contribution in [2.75, 3.05) is 12.1 Å². The smallest absolute Gasteiger partial charge is 0.232 e. The van der Waals surface area contributed by atoms with Gasteiger partial charge in [0.05, 0.1) is 5.56 Å². The zero-order chi connectivity index (χ0) is 22.2. The molecule has 3 aromatic carbocycles. The second-order valence-corrected chi connectivity index (χ2v) is 7.60. The van der Waals surface area contributed by atoms with Gasteiger partial charge in [-0.2, -0.15) is 0 Å². The number of hydrogen-bond acceptors (Lipinski definition) is 5. The van der Waals surface area contributed by atoms with Crippen LogP contribution in [0.4, 0.5) is 5.69 Å². The van der Waals surface area contributed by atoms with Crippen LogP contribution in [0.2, 0.25) is 0 Å². The number of aryl methyl sites for hydroxylation is 1. The molecule has 1 aromatic heterocycles. The molecule has 1 amide bonds. The van der Waals surface area contributed by atoms with Gasteiger partial charge in [-0.3, -0.25) is 9.59 Å². The highest BCUT2D eigenvalue weighted by atomic mass is 16.7. The summed E-state index contributed by atoms with van der Waals surface area (Å²) in [4.78, 5) is 24.8.